The molecule has 1 aromatic heterocycles. The van der Waals surface area contributed by atoms with Gasteiger partial charge in [0.15, 0.2) is 10.9 Å². The summed E-state index contributed by atoms with van der Waals surface area (Å²) in [5, 5.41) is 9.45. The van der Waals surface area contributed by atoms with Gasteiger partial charge in [0, 0.05) is 11.3 Å². The first kappa shape index (κ1) is 14.3. The molecule has 0 spiro atoms. The van der Waals surface area contributed by atoms with E-state index in [0.717, 1.165) is 0 Å². The van der Waals surface area contributed by atoms with Crippen molar-refractivity contribution >= 4 is 29.1 Å². The standard InChI is InChI=1S/C13H14N4O2S/c1-8(18)10-4-3-5-11(6-10)16-12(19)9(2)20-13-14-7-15-17-13/h3-7,9H,1-2H3,(H,16,19)(H,14,15,17). The number of benzene rings is 1. The minimum Gasteiger partial charge on any atom is -0.325 e. The second-order valence-electron chi connectivity index (χ2n) is 4.18. The fraction of sp³-hybridized carbons (Fsp3) is 0.231. The molecule has 2 N–H and O–H groups in total. The summed E-state index contributed by atoms with van der Waals surface area (Å²) < 4.78 is 0. The first-order valence-electron chi connectivity index (χ1n) is 6.00. The zero-order chi connectivity index (χ0) is 14.5. The second kappa shape index (κ2) is 6.33. The Morgan fingerprint density at radius 1 is 1.40 bits per heavy atom. The number of carbonyl (C=O) groups excluding carboxylic acids is 2. The highest BCUT2D eigenvalue weighted by Crippen LogP contribution is 2.20. The number of carbonyl (C=O) groups is 2. The average molecular weight is 290 g/mol. The molecule has 0 aliphatic rings. The molecule has 1 atom stereocenters. The van der Waals surface area contributed by atoms with Gasteiger partial charge in [0.1, 0.15) is 6.33 Å². The number of hydrogen-bond donors (Lipinski definition) is 2. The molecule has 2 rings (SSSR count). The number of Topliss-reactive ketones (excluding diaryl/α,β-unsaturated/α-hetero) is 1. The summed E-state index contributed by atoms with van der Waals surface area (Å²) in [5.41, 5.74) is 1.17. The first-order valence-corrected chi connectivity index (χ1v) is 6.88. The third-order valence-corrected chi connectivity index (χ3v) is 3.57. The fourth-order valence-electron chi connectivity index (χ4n) is 1.53. The largest absolute Gasteiger partial charge is 0.325 e. The van der Waals surface area contributed by atoms with Crippen LogP contribution in [0.15, 0.2) is 35.7 Å². The molecule has 6 nitrogen and oxygen atoms in total. The summed E-state index contributed by atoms with van der Waals surface area (Å²) in [6.45, 7) is 3.26. The van der Waals surface area contributed by atoms with E-state index in [4.69, 9.17) is 0 Å². The lowest BCUT2D eigenvalue weighted by Crippen LogP contribution is -2.22. The van der Waals surface area contributed by atoms with Crippen LogP contribution in [0.5, 0.6) is 0 Å². The number of aromatic amines is 1. The van der Waals surface area contributed by atoms with E-state index in [1.165, 1.54) is 25.0 Å². The molecule has 0 saturated carbocycles. The van der Waals surface area contributed by atoms with Gasteiger partial charge in [-0.05, 0) is 26.0 Å². The van der Waals surface area contributed by atoms with Crippen molar-refractivity contribution in [2.45, 2.75) is 24.3 Å². The van der Waals surface area contributed by atoms with E-state index >= 15 is 0 Å². The third kappa shape index (κ3) is 3.67. The van der Waals surface area contributed by atoms with Gasteiger partial charge in [0.2, 0.25) is 5.91 Å². The Bertz CT molecular complexity index is 613. The van der Waals surface area contributed by atoms with Gasteiger partial charge in [-0.2, -0.15) is 5.10 Å². The Morgan fingerprint density at radius 2 is 2.20 bits per heavy atom. The van der Waals surface area contributed by atoms with Crippen molar-refractivity contribution in [2.75, 3.05) is 5.32 Å². The van der Waals surface area contributed by atoms with Crippen LogP contribution in [0.3, 0.4) is 0 Å². The molecule has 7 heteroatoms. The van der Waals surface area contributed by atoms with E-state index in [-0.39, 0.29) is 16.9 Å². The van der Waals surface area contributed by atoms with Gasteiger partial charge < -0.3 is 5.32 Å². The van der Waals surface area contributed by atoms with E-state index in [1.54, 1.807) is 31.2 Å². The zero-order valence-electron chi connectivity index (χ0n) is 11.1. The molecule has 0 radical (unpaired) electrons. The molecule has 1 unspecified atom stereocenters. The van der Waals surface area contributed by atoms with E-state index in [0.29, 0.717) is 16.4 Å². The molecule has 0 saturated heterocycles. The van der Waals surface area contributed by atoms with E-state index in [9.17, 15) is 9.59 Å². The molecular weight excluding hydrogens is 276 g/mol. The summed E-state index contributed by atoms with van der Waals surface area (Å²) in [6.07, 6.45) is 1.39. The Balaban J connectivity index is 2.00. The van der Waals surface area contributed by atoms with E-state index < -0.39 is 0 Å². The number of nitrogens with one attached hydrogen (secondary N) is 2. The van der Waals surface area contributed by atoms with Crippen LogP contribution in [0.4, 0.5) is 5.69 Å². The predicted molar refractivity (Wildman–Crippen MR) is 76.8 cm³/mol. The maximum atomic E-state index is 12.0. The molecule has 1 aromatic carbocycles. The van der Waals surface area contributed by atoms with Gasteiger partial charge in [0.25, 0.3) is 0 Å². The predicted octanol–water partition coefficient (Wildman–Crippen LogP) is 2.13. The number of anilines is 1. The number of hydrogen-bond acceptors (Lipinski definition) is 5. The number of nitrogens with zero attached hydrogens (tertiary/aromatic N) is 2. The SMILES string of the molecule is CC(=O)c1cccc(NC(=O)C(C)Sc2ncn[nH]2)c1. The second-order valence-corrected chi connectivity index (χ2v) is 5.51. The van der Waals surface area contributed by atoms with E-state index in [2.05, 4.69) is 20.5 Å². The highest BCUT2D eigenvalue weighted by Gasteiger charge is 2.16. The molecule has 0 bridgehead atoms. The molecule has 1 amide bonds. The van der Waals surface area contributed by atoms with Crippen molar-refractivity contribution < 1.29 is 9.59 Å². The highest BCUT2D eigenvalue weighted by molar-refractivity contribution is 8.00. The van der Waals surface area contributed by atoms with Crippen molar-refractivity contribution in [3.63, 3.8) is 0 Å². The highest BCUT2D eigenvalue weighted by atomic mass is 32.2. The number of thioether (sulfide) groups is 1. The van der Waals surface area contributed by atoms with Gasteiger partial charge in [-0.15, -0.1) is 0 Å². The average Bonchev–Trinajstić information content (AvgIpc) is 2.91. The number of rotatable bonds is 5. The van der Waals surface area contributed by atoms with Crippen LogP contribution in [-0.2, 0) is 4.79 Å². The molecule has 104 valence electrons. The quantitative estimate of drug-likeness (QED) is 0.650. The monoisotopic (exact) mass is 290 g/mol. The first-order chi connectivity index (χ1) is 9.56. The Kier molecular flexibility index (Phi) is 4.52. The lowest BCUT2D eigenvalue weighted by atomic mass is 10.1. The fourth-order valence-corrected chi connectivity index (χ4v) is 2.25. The van der Waals surface area contributed by atoms with Crippen LogP contribution in [0.2, 0.25) is 0 Å². The van der Waals surface area contributed by atoms with Crippen LogP contribution in [0, 0.1) is 0 Å². The zero-order valence-corrected chi connectivity index (χ0v) is 11.9. The lowest BCUT2D eigenvalue weighted by Gasteiger charge is -2.10. The molecule has 1 heterocycles. The van der Waals surface area contributed by atoms with Gasteiger partial charge in [-0.25, -0.2) is 4.98 Å². The lowest BCUT2D eigenvalue weighted by molar-refractivity contribution is -0.115. The molecule has 0 fully saturated rings. The molecule has 0 aliphatic heterocycles. The van der Waals surface area contributed by atoms with Crippen LogP contribution in [0.1, 0.15) is 24.2 Å². The summed E-state index contributed by atoms with van der Waals surface area (Å²) in [7, 11) is 0. The van der Waals surface area contributed by atoms with Crippen molar-refractivity contribution in [1.29, 1.82) is 0 Å². The molecule has 2 aromatic rings. The van der Waals surface area contributed by atoms with Gasteiger partial charge in [-0.1, -0.05) is 23.9 Å². The summed E-state index contributed by atoms with van der Waals surface area (Å²) >= 11 is 1.28. The van der Waals surface area contributed by atoms with Crippen molar-refractivity contribution in [3.8, 4) is 0 Å². The summed E-state index contributed by atoms with van der Waals surface area (Å²) in [6, 6.07) is 6.85. The van der Waals surface area contributed by atoms with E-state index in [1.807, 2.05) is 0 Å². The molecular formula is C13H14N4O2S. The van der Waals surface area contributed by atoms with Crippen LogP contribution in [-0.4, -0.2) is 32.1 Å². The van der Waals surface area contributed by atoms with Crippen molar-refractivity contribution in [2.24, 2.45) is 0 Å². The van der Waals surface area contributed by atoms with Crippen LogP contribution < -0.4 is 5.32 Å². The third-order valence-electron chi connectivity index (χ3n) is 2.59. The normalized spacial score (nSPS) is 11.9. The summed E-state index contributed by atoms with van der Waals surface area (Å²) in [5.74, 6) is -0.197. The maximum absolute atomic E-state index is 12.0. The number of amides is 1. The maximum Gasteiger partial charge on any atom is 0.237 e. The van der Waals surface area contributed by atoms with Gasteiger partial charge in [-0.3, -0.25) is 14.7 Å². The molecule has 0 aliphatic carbocycles. The smallest absolute Gasteiger partial charge is 0.237 e. The Morgan fingerprint density at radius 3 is 2.85 bits per heavy atom. The topological polar surface area (TPSA) is 87.7 Å². The van der Waals surface area contributed by atoms with Crippen molar-refractivity contribution in [3.05, 3.63) is 36.2 Å². The number of aromatic nitrogens is 3. The number of H-pyrrole nitrogens is 1. The Labute approximate surface area is 120 Å². The van der Waals surface area contributed by atoms with Crippen LogP contribution >= 0.6 is 11.8 Å². The van der Waals surface area contributed by atoms with Crippen LogP contribution in [0.25, 0.3) is 0 Å². The number of ketones is 1. The van der Waals surface area contributed by atoms with Gasteiger partial charge >= 0.3 is 0 Å². The van der Waals surface area contributed by atoms with Crippen molar-refractivity contribution in [1.82, 2.24) is 15.2 Å². The van der Waals surface area contributed by atoms with Gasteiger partial charge in [0.05, 0.1) is 5.25 Å². The minimum absolute atomic E-state index is 0.0369. The molecule has 20 heavy (non-hydrogen) atoms. The Hall–Kier alpha value is -2.15. The summed E-state index contributed by atoms with van der Waals surface area (Å²) in [4.78, 5) is 27.3. The minimum atomic E-state index is -0.330.